The summed E-state index contributed by atoms with van der Waals surface area (Å²) in [7, 11) is -3.48. The van der Waals surface area contributed by atoms with E-state index in [4.69, 9.17) is 0 Å². The van der Waals surface area contributed by atoms with E-state index in [-0.39, 0.29) is 5.82 Å². The lowest BCUT2D eigenvalue weighted by Gasteiger charge is -2.25. The lowest BCUT2D eigenvalue weighted by Crippen LogP contribution is -2.26. The molecule has 0 saturated carbocycles. The fraction of sp³-hybridized carbons (Fsp3) is 0. The standard InChI is InChI=1S/C38H26FOP/c39-29-19-21-30(22-20-29)41(40,37-25-23-31(27-11-3-1-4-12-27)33-15-7-9-17-35(33)37)38-26-24-32(28-13-5-2-6-14-28)34-16-8-10-18-36(34)38/h1-26H. The molecule has 41 heavy (non-hydrogen) atoms. The summed E-state index contributed by atoms with van der Waals surface area (Å²) in [6.45, 7) is 0. The fourth-order valence-electron chi connectivity index (χ4n) is 5.91. The summed E-state index contributed by atoms with van der Waals surface area (Å²) in [4.78, 5) is 0. The molecule has 1 nitrogen and oxygen atoms in total. The van der Waals surface area contributed by atoms with Crippen molar-refractivity contribution in [1.82, 2.24) is 0 Å². The number of hydrogen-bond donors (Lipinski definition) is 0. The first-order valence-electron chi connectivity index (χ1n) is 13.7. The van der Waals surface area contributed by atoms with Gasteiger partial charge in [0.25, 0.3) is 0 Å². The average molecular weight is 549 g/mol. The third kappa shape index (κ3) is 4.29. The van der Waals surface area contributed by atoms with Gasteiger partial charge in [-0.25, -0.2) is 4.39 Å². The van der Waals surface area contributed by atoms with E-state index in [0.717, 1.165) is 54.4 Å². The van der Waals surface area contributed by atoms with E-state index in [0.29, 0.717) is 5.30 Å². The van der Waals surface area contributed by atoms with Crippen LogP contribution < -0.4 is 15.9 Å². The van der Waals surface area contributed by atoms with Gasteiger partial charge in [0.05, 0.1) is 0 Å². The highest BCUT2D eigenvalue weighted by molar-refractivity contribution is 7.86. The van der Waals surface area contributed by atoms with Crippen LogP contribution >= 0.6 is 7.14 Å². The van der Waals surface area contributed by atoms with Crippen LogP contribution in [0.5, 0.6) is 0 Å². The number of rotatable bonds is 5. The summed E-state index contributed by atoms with van der Waals surface area (Å²) in [6.07, 6.45) is 0. The Morgan fingerprint density at radius 3 is 1.22 bits per heavy atom. The fourth-order valence-corrected chi connectivity index (χ4v) is 8.94. The molecule has 0 N–H and O–H groups in total. The Morgan fingerprint density at radius 2 is 0.780 bits per heavy atom. The molecule has 0 amide bonds. The maximum Gasteiger partial charge on any atom is 0.172 e. The summed E-state index contributed by atoms with van der Waals surface area (Å²) in [5.41, 5.74) is 4.37. The summed E-state index contributed by atoms with van der Waals surface area (Å²) in [6, 6.07) is 51.1. The van der Waals surface area contributed by atoms with Crippen molar-refractivity contribution < 1.29 is 8.96 Å². The zero-order chi connectivity index (χ0) is 27.8. The van der Waals surface area contributed by atoms with Gasteiger partial charge in [0, 0.05) is 15.9 Å². The van der Waals surface area contributed by atoms with Crippen LogP contribution in [-0.4, -0.2) is 0 Å². The molecule has 0 bridgehead atoms. The van der Waals surface area contributed by atoms with E-state index < -0.39 is 7.14 Å². The van der Waals surface area contributed by atoms with Crippen molar-refractivity contribution in [3.05, 3.63) is 164 Å². The third-order valence-electron chi connectivity index (χ3n) is 7.84. The van der Waals surface area contributed by atoms with Crippen molar-refractivity contribution in [2.24, 2.45) is 0 Å². The number of hydrogen-bond acceptors (Lipinski definition) is 1. The Bertz CT molecular complexity index is 1940. The lowest BCUT2D eigenvalue weighted by atomic mass is 9.98. The molecule has 0 saturated heterocycles. The van der Waals surface area contributed by atoms with Crippen molar-refractivity contribution in [3.63, 3.8) is 0 Å². The second-order valence-corrected chi connectivity index (χ2v) is 12.9. The van der Waals surface area contributed by atoms with Crippen LogP contribution in [0.15, 0.2) is 158 Å². The van der Waals surface area contributed by atoms with E-state index in [1.165, 1.54) is 12.1 Å². The highest BCUT2D eigenvalue weighted by Crippen LogP contribution is 2.48. The maximum absolute atomic E-state index is 15.9. The molecule has 0 atom stereocenters. The van der Waals surface area contributed by atoms with Gasteiger partial charge in [0.2, 0.25) is 0 Å². The van der Waals surface area contributed by atoms with Crippen molar-refractivity contribution in [2.75, 3.05) is 0 Å². The van der Waals surface area contributed by atoms with Gasteiger partial charge >= 0.3 is 0 Å². The Kier molecular flexibility index (Phi) is 6.34. The molecule has 0 aliphatic rings. The molecular formula is C38H26FOP. The summed E-state index contributed by atoms with van der Waals surface area (Å²) < 4.78 is 30.1. The quantitative estimate of drug-likeness (QED) is 0.196. The van der Waals surface area contributed by atoms with Gasteiger partial charge in [0.1, 0.15) is 5.82 Å². The molecule has 0 unspecified atom stereocenters. The zero-order valence-corrected chi connectivity index (χ0v) is 23.1. The van der Waals surface area contributed by atoms with Crippen LogP contribution in [0.2, 0.25) is 0 Å². The van der Waals surface area contributed by atoms with E-state index in [1.807, 2.05) is 84.9 Å². The number of halogens is 1. The minimum Gasteiger partial charge on any atom is -0.309 e. The smallest absolute Gasteiger partial charge is 0.172 e. The Morgan fingerprint density at radius 1 is 0.390 bits per heavy atom. The minimum atomic E-state index is -3.48. The third-order valence-corrected chi connectivity index (χ3v) is 11.0. The van der Waals surface area contributed by atoms with Crippen LogP contribution in [0.1, 0.15) is 0 Å². The lowest BCUT2D eigenvalue weighted by molar-refractivity contribution is 0.592. The molecule has 196 valence electrons. The summed E-state index contributed by atoms with van der Waals surface area (Å²) in [5.74, 6) is -0.353. The molecule has 3 heteroatoms. The first-order chi connectivity index (χ1) is 20.1. The van der Waals surface area contributed by atoms with Gasteiger partial charge in [-0.3, -0.25) is 0 Å². The first-order valence-corrected chi connectivity index (χ1v) is 15.4. The van der Waals surface area contributed by atoms with E-state index in [2.05, 4.69) is 48.5 Å². The van der Waals surface area contributed by atoms with Crippen LogP contribution in [0.3, 0.4) is 0 Å². The van der Waals surface area contributed by atoms with Crippen LogP contribution in [0, 0.1) is 5.82 Å². The SMILES string of the molecule is O=P(c1ccc(F)cc1)(c1ccc(-c2ccccc2)c2ccccc12)c1ccc(-c2ccccc2)c2ccccc12. The van der Waals surface area contributed by atoms with E-state index in [9.17, 15) is 4.39 Å². The maximum atomic E-state index is 15.9. The highest BCUT2D eigenvalue weighted by atomic mass is 31.2. The summed E-state index contributed by atoms with van der Waals surface area (Å²) in [5, 5.41) is 6.02. The largest absolute Gasteiger partial charge is 0.309 e. The molecule has 0 aliphatic heterocycles. The predicted molar refractivity (Wildman–Crippen MR) is 172 cm³/mol. The van der Waals surface area contributed by atoms with Crippen molar-refractivity contribution in [1.29, 1.82) is 0 Å². The molecule has 0 aliphatic carbocycles. The zero-order valence-electron chi connectivity index (χ0n) is 22.2. The van der Waals surface area contributed by atoms with Crippen molar-refractivity contribution in [3.8, 4) is 22.3 Å². The Balaban J connectivity index is 1.56. The monoisotopic (exact) mass is 548 g/mol. The molecule has 7 rings (SSSR count). The summed E-state index contributed by atoms with van der Waals surface area (Å²) >= 11 is 0. The highest BCUT2D eigenvalue weighted by Gasteiger charge is 2.34. The predicted octanol–water partition coefficient (Wildman–Crippen LogP) is 9.11. The van der Waals surface area contributed by atoms with Gasteiger partial charge in [-0.2, -0.15) is 0 Å². The first kappa shape index (κ1) is 25.2. The van der Waals surface area contributed by atoms with Gasteiger partial charge in [-0.1, -0.05) is 121 Å². The molecule has 0 radical (unpaired) electrons. The van der Waals surface area contributed by atoms with Gasteiger partial charge < -0.3 is 4.57 Å². The van der Waals surface area contributed by atoms with Gasteiger partial charge in [-0.05, 0) is 80.2 Å². The van der Waals surface area contributed by atoms with Crippen LogP contribution in [0.4, 0.5) is 4.39 Å². The molecule has 7 aromatic carbocycles. The Hall–Kier alpha value is -4.78. The van der Waals surface area contributed by atoms with Crippen LogP contribution in [0.25, 0.3) is 43.8 Å². The normalized spacial score (nSPS) is 11.6. The van der Waals surface area contributed by atoms with E-state index in [1.54, 1.807) is 12.1 Å². The minimum absolute atomic E-state index is 0.353. The molecule has 7 aromatic rings. The van der Waals surface area contributed by atoms with Gasteiger partial charge in [-0.15, -0.1) is 0 Å². The molecular weight excluding hydrogens is 522 g/mol. The number of benzene rings is 7. The van der Waals surface area contributed by atoms with Gasteiger partial charge in [0.15, 0.2) is 7.14 Å². The topological polar surface area (TPSA) is 17.1 Å². The molecule has 0 fully saturated rings. The van der Waals surface area contributed by atoms with Crippen molar-refractivity contribution in [2.45, 2.75) is 0 Å². The molecule has 0 spiro atoms. The Labute approximate surface area is 238 Å². The average Bonchev–Trinajstić information content (AvgIpc) is 3.04. The molecule has 0 heterocycles. The number of fused-ring (bicyclic) bond motifs is 2. The van der Waals surface area contributed by atoms with Crippen LogP contribution in [-0.2, 0) is 4.57 Å². The molecule has 0 aromatic heterocycles. The van der Waals surface area contributed by atoms with E-state index >= 15 is 4.57 Å². The second-order valence-electron chi connectivity index (χ2n) is 10.2. The second kappa shape index (κ2) is 10.3. The van der Waals surface area contributed by atoms with Crippen molar-refractivity contribution >= 4 is 44.6 Å².